The molecule has 1 aliphatic carbocycles. The largest absolute Gasteiger partial charge is 0.481 e. The third-order valence-corrected chi connectivity index (χ3v) is 10.9. The van der Waals surface area contributed by atoms with E-state index in [0.717, 1.165) is 22.8 Å². The molecule has 0 saturated heterocycles. The highest BCUT2D eigenvalue weighted by Crippen LogP contribution is 2.40. The number of hydrogen-bond acceptors (Lipinski definition) is 7. The van der Waals surface area contributed by atoms with Crippen LogP contribution in [0, 0.1) is 5.92 Å². The van der Waals surface area contributed by atoms with Crippen LogP contribution in [-0.4, -0.2) is 68.0 Å². The number of nitrogens with one attached hydrogen (secondary N) is 4. The number of aliphatic carboxylic acids is 1. The second-order valence-electron chi connectivity index (χ2n) is 14.2. The molecule has 15 nitrogen and oxygen atoms in total. The van der Waals surface area contributed by atoms with E-state index in [-0.39, 0.29) is 25.8 Å². The monoisotopic (exact) mass is 775 g/mol. The fourth-order valence-electron chi connectivity index (χ4n) is 7.35. The molecule has 1 spiro atoms. The number of amides is 5. The molecule has 1 aliphatic heterocycles. The molecule has 4 atom stereocenters. The van der Waals surface area contributed by atoms with Crippen molar-refractivity contribution in [3.05, 3.63) is 95.6 Å². The van der Waals surface area contributed by atoms with Crippen LogP contribution in [0.5, 0.6) is 0 Å². The zero-order valence-electron chi connectivity index (χ0n) is 30.1. The summed E-state index contributed by atoms with van der Waals surface area (Å²) in [5.74, 6) is -7.36. The predicted molar refractivity (Wildman–Crippen MR) is 202 cm³/mol. The Morgan fingerprint density at radius 3 is 2.24 bits per heavy atom. The van der Waals surface area contributed by atoms with Crippen molar-refractivity contribution in [1.82, 2.24) is 21.3 Å². The number of nitrogens with two attached hydrogens (primary N) is 1. The summed E-state index contributed by atoms with van der Waals surface area (Å²) in [5, 5.41) is 22.9. The molecule has 3 aromatic rings. The summed E-state index contributed by atoms with van der Waals surface area (Å²) < 4.78 is 11.7. The van der Waals surface area contributed by atoms with Gasteiger partial charge in [0.15, 0.2) is 0 Å². The minimum Gasteiger partial charge on any atom is -0.481 e. The van der Waals surface area contributed by atoms with Crippen LogP contribution in [0.2, 0.25) is 0 Å². The number of primary amides is 1. The van der Waals surface area contributed by atoms with E-state index >= 15 is 0 Å². The first-order valence-corrected chi connectivity index (χ1v) is 19.9. The first-order valence-electron chi connectivity index (χ1n) is 18.1. The van der Waals surface area contributed by atoms with Gasteiger partial charge < -0.3 is 41.9 Å². The van der Waals surface area contributed by atoms with E-state index in [9.17, 15) is 48.2 Å². The lowest BCUT2D eigenvalue weighted by atomic mass is 9.78. The minimum absolute atomic E-state index is 0.102. The van der Waals surface area contributed by atoms with E-state index in [1.54, 1.807) is 24.3 Å². The maximum absolute atomic E-state index is 14.3. The summed E-state index contributed by atoms with van der Waals surface area (Å²) in [7, 11) is -4.40. The molecule has 55 heavy (non-hydrogen) atoms. The maximum Gasteiger partial charge on any atom is 0.329 e. The first kappa shape index (κ1) is 40.8. The number of carbonyl (C=O) groups is 6. The number of allylic oxidation sites excluding steroid dienone is 1. The summed E-state index contributed by atoms with van der Waals surface area (Å²) >= 11 is 0. The number of carboxylic acids is 1. The van der Waals surface area contributed by atoms with E-state index < -0.39 is 91.6 Å². The molecule has 292 valence electrons. The van der Waals surface area contributed by atoms with Crippen molar-refractivity contribution in [1.29, 1.82) is 0 Å². The number of rotatable bonds is 10. The highest BCUT2D eigenvalue weighted by molar-refractivity contribution is 7.50. The van der Waals surface area contributed by atoms with Crippen LogP contribution >= 0.6 is 7.60 Å². The fourth-order valence-corrected chi connectivity index (χ4v) is 8.03. The van der Waals surface area contributed by atoms with Gasteiger partial charge in [-0.05, 0) is 46.7 Å². The van der Waals surface area contributed by atoms with Crippen molar-refractivity contribution in [2.24, 2.45) is 11.7 Å². The number of benzene rings is 3. The molecule has 0 aromatic heterocycles. The van der Waals surface area contributed by atoms with Crippen LogP contribution in [-0.2, 0) is 46.0 Å². The van der Waals surface area contributed by atoms with Crippen molar-refractivity contribution < 1.29 is 48.2 Å². The van der Waals surface area contributed by atoms with Gasteiger partial charge in [-0.25, -0.2) is 0 Å². The SMILES string of the molecule is NC(=O)C[C@@H]1NC(=O)C2(CCCCC2)NC(=O)[C@@H](CC(=O)O)[C@@H](c2ccc(CP(=O)(O)O)cc2)/C=C/C[C@H](C(=O)NCc2cccc3ccccc23)NC1=O. The van der Waals surface area contributed by atoms with Crippen molar-refractivity contribution in [2.45, 2.75) is 87.6 Å². The highest BCUT2D eigenvalue weighted by Gasteiger charge is 2.45. The van der Waals surface area contributed by atoms with Crippen LogP contribution in [0.1, 0.15) is 74.0 Å². The Morgan fingerprint density at radius 1 is 0.873 bits per heavy atom. The fraction of sp³-hybridized carbons (Fsp3) is 0.385. The highest BCUT2D eigenvalue weighted by atomic mass is 31.2. The second kappa shape index (κ2) is 17.8. The Bertz CT molecular complexity index is 2000. The maximum atomic E-state index is 14.3. The van der Waals surface area contributed by atoms with Crippen LogP contribution in [0.3, 0.4) is 0 Å². The van der Waals surface area contributed by atoms with Crippen molar-refractivity contribution in [3.8, 4) is 0 Å². The van der Waals surface area contributed by atoms with Crippen LogP contribution in [0.15, 0.2) is 78.9 Å². The Kier molecular flexibility index (Phi) is 13.2. The zero-order valence-corrected chi connectivity index (χ0v) is 31.0. The molecule has 16 heteroatoms. The predicted octanol–water partition coefficient (Wildman–Crippen LogP) is 2.63. The molecule has 0 unspecified atom stereocenters. The van der Waals surface area contributed by atoms with Gasteiger partial charge in [-0.1, -0.05) is 98.1 Å². The lowest BCUT2D eigenvalue weighted by Gasteiger charge is -2.39. The molecule has 5 amide bonds. The van der Waals surface area contributed by atoms with E-state index in [4.69, 9.17) is 5.73 Å². The van der Waals surface area contributed by atoms with Gasteiger partial charge in [-0.15, -0.1) is 0 Å². The van der Waals surface area contributed by atoms with E-state index in [1.807, 2.05) is 42.5 Å². The number of hydrogen-bond donors (Lipinski definition) is 8. The van der Waals surface area contributed by atoms with E-state index in [1.165, 1.54) is 12.1 Å². The van der Waals surface area contributed by atoms with E-state index in [2.05, 4.69) is 21.3 Å². The Hall–Kier alpha value is -5.37. The van der Waals surface area contributed by atoms with Gasteiger partial charge in [0.25, 0.3) is 0 Å². The third kappa shape index (κ3) is 10.9. The van der Waals surface area contributed by atoms with Crippen molar-refractivity contribution in [2.75, 3.05) is 0 Å². The van der Waals surface area contributed by atoms with Crippen molar-refractivity contribution in [3.63, 3.8) is 0 Å². The molecule has 5 rings (SSSR count). The normalized spacial score (nSPS) is 22.8. The molecule has 1 heterocycles. The molecule has 2 aliphatic rings. The van der Waals surface area contributed by atoms with E-state index in [0.29, 0.717) is 24.0 Å². The van der Waals surface area contributed by atoms with Gasteiger partial charge in [0, 0.05) is 12.5 Å². The first-order chi connectivity index (χ1) is 26.1. The second-order valence-corrected chi connectivity index (χ2v) is 15.8. The van der Waals surface area contributed by atoms with Gasteiger partial charge in [0.2, 0.25) is 29.5 Å². The van der Waals surface area contributed by atoms with Gasteiger partial charge in [-0.3, -0.25) is 33.3 Å². The average molecular weight is 776 g/mol. The lowest BCUT2D eigenvalue weighted by Crippen LogP contribution is -2.64. The van der Waals surface area contributed by atoms with Gasteiger partial charge in [-0.2, -0.15) is 0 Å². The number of fused-ring (bicyclic) bond motifs is 1. The smallest absolute Gasteiger partial charge is 0.329 e. The van der Waals surface area contributed by atoms with Crippen molar-refractivity contribution >= 4 is 53.9 Å². The quantitative estimate of drug-likeness (QED) is 0.110. The summed E-state index contributed by atoms with van der Waals surface area (Å²) in [6.45, 7) is 0.102. The van der Waals surface area contributed by atoms with Crippen LogP contribution in [0.25, 0.3) is 10.8 Å². The standard InChI is InChI=1S/C39H46N5O10P/c40-33(45)21-32-37(50)42-31(36(49)41-22-27-10-6-9-25-8-2-3-11-28(25)27)13-7-12-29(26-16-14-24(15-17-26)23-55(52,53)54)30(20-34(46)47)35(48)44-39(38(51)43-32)18-4-1-5-19-39/h2-3,6-12,14-17,29-32H,1,4-5,13,18-23H2,(H2,40,45)(H,41,49)(H,42,50)(H,43,51)(H,44,48)(H,46,47)(H2,52,53,54)/b12-7+/t29-,30+,31-,32+/m1/s1. The molecule has 0 radical (unpaired) electrons. The summed E-state index contributed by atoms with van der Waals surface area (Å²) in [6, 6.07) is 16.6. The zero-order chi connectivity index (χ0) is 39.8. The Balaban J connectivity index is 1.55. The van der Waals surface area contributed by atoms with Crippen LogP contribution < -0.4 is 27.0 Å². The molecular formula is C39H46N5O10P. The molecule has 0 bridgehead atoms. The van der Waals surface area contributed by atoms with Gasteiger partial charge in [0.1, 0.15) is 17.6 Å². The molecular weight excluding hydrogens is 729 g/mol. The Morgan fingerprint density at radius 2 is 1.56 bits per heavy atom. The average Bonchev–Trinajstić information content (AvgIpc) is 3.13. The Labute approximate surface area is 317 Å². The summed E-state index contributed by atoms with van der Waals surface area (Å²) in [5.41, 5.74) is 5.50. The third-order valence-electron chi connectivity index (χ3n) is 10.1. The topological polar surface area (TPSA) is 254 Å². The molecule has 3 aromatic carbocycles. The van der Waals surface area contributed by atoms with Crippen LogP contribution in [0.4, 0.5) is 0 Å². The molecule has 9 N–H and O–H groups in total. The number of carboxylic acid groups (broad SMARTS) is 1. The number of carbonyl (C=O) groups excluding carboxylic acids is 5. The van der Waals surface area contributed by atoms with Gasteiger partial charge in [0.05, 0.1) is 24.9 Å². The lowest BCUT2D eigenvalue weighted by molar-refractivity contribution is -0.143. The molecule has 1 saturated carbocycles. The summed E-state index contributed by atoms with van der Waals surface area (Å²) in [4.78, 5) is 99.5. The summed E-state index contributed by atoms with van der Waals surface area (Å²) in [6.07, 6.45) is 3.35. The molecule has 1 fully saturated rings. The van der Waals surface area contributed by atoms with Gasteiger partial charge >= 0.3 is 13.6 Å². The minimum atomic E-state index is -4.40.